The first-order valence-corrected chi connectivity index (χ1v) is 5.24. The van der Waals surface area contributed by atoms with Crippen LogP contribution in [0.2, 0.25) is 0 Å². The number of fused-ring (bicyclic) bond motifs is 1. The molecule has 15 heavy (non-hydrogen) atoms. The highest BCUT2D eigenvalue weighted by molar-refractivity contribution is 5.81. The molecule has 0 fully saturated rings. The summed E-state index contributed by atoms with van der Waals surface area (Å²) in [6.45, 7) is 1.99. The number of aromatic nitrogens is 2. The van der Waals surface area contributed by atoms with Gasteiger partial charge in [-0.05, 0) is 26.2 Å². The van der Waals surface area contributed by atoms with E-state index in [0.717, 1.165) is 24.5 Å². The molecule has 4 heteroatoms. The zero-order chi connectivity index (χ0) is 10.8. The molecular formula is C11H16N4. The Labute approximate surface area is 90.1 Å². The number of hydrogen-bond donors (Lipinski definition) is 0. The van der Waals surface area contributed by atoms with Crippen LogP contribution in [0.3, 0.4) is 0 Å². The molecule has 0 saturated heterocycles. The van der Waals surface area contributed by atoms with Gasteiger partial charge in [0.05, 0.1) is 0 Å². The summed E-state index contributed by atoms with van der Waals surface area (Å²) in [5.74, 6) is 1.83. The van der Waals surface area contributed by atoms with Crippen molar-refractivity contribution < 1.29 is 0 Å². The van der Waals surface area contributed by atoms with Crippen LogP contribution >= 0.6 is 0 Å². The van der Waals surface area contributed by atoms with E-state index in [9.17, 15) is 0 Å². The number of nitrogens with zero attached hydrogens (tertiary/aromatic N) is 4. The zero-order valence-electron chi connectivity index (χ0n) is 9.49. The van der Waals surface area contributed by atoms with Gasteiger partial charge >= 0.3 is 0 Å². The molecule has 1 heterocycles. The largest absolute Gasteiger partial charge is 0.366 e. The summed E-state index contributed by atoms with van der Waals surface area (Å²) in [6.07, 6.45) is 4.93. The summed E-state index contributed by atoms with van der Waals surface area (Å²) in [5.41, 5.74) is 2.41. The molecule has 0 N–H and O–H groups in total. The summed E-state index contributed by atoms with van der Waals surface area (Å²) in [6, 6.07) is 0. The van der Waals surface area contributed by atoms with Crippen LogP contribution in [0.5, 0.6) is 0 Å². The highest BCUT2D eigenvalue weighted by atomic mass is 15.1. The molecule has 0 atom stereocenters. The third kappa shape index (κ3) is 1.98. The second-order valence-electron chi connectivity index (χ2n) is 4.03. The molecule has 0 unspecified atom stereocenters. The average molecular weight is 204 g/mol. The summed E-state index contributed by atoms with van der Waals surface area (Å²) in [5, 5.41) is 0. The van der Waals surface area contributed by atoms with Crippen molar-refractivity contribution in [1.29, 1.82) is 0 Å². The van der Waals surface area contributed by atoms with Crippen molar-refractivity contribution in [1.82, 2.24) is 14.9 Å². The Kier molecular flexibility index (Phi) is 2.66. The number of hydrogen-bond acceptors (Lipinski definition) is 3. The predicted octanol–water partition coefficient (Wildman–Crippen LogP) is 1.58. The minimum Gasteiger partial charge on any atom is -0.366 e. The van der Waals surface area contributed by atoms with E-state index in [-0.39, 0.29) is 0 Å². The van der Waals surface area contributed by atoms with Crippen LogP contribution in [0.4, 0.5) is 5.82 Å². The molecular weight excluding hydrogens is 188 g/mol. The lowest BCUT2D eigenvalue weighted by molar-refractivity contribution is 0.618. The van der Waals surface area contributed by atoms with Gasteiger partial charge in [-0.1, -0.05) is 0 Å². The SMILES string of the molecule is CC(=Nc1ncnc2c1CCC2)N(C)C. The first kappa shape index (κ1) is 10.1. The first-order chi connectivity index (χ1) is 7.18. The van der Waals surface area contributed by atoms with E-state index in [2.05, 4.69) is 15.0 Å². The summed E-state index contributed by atoms with van der Waals surface area (Å²) in [4.78, 5) is 15.0. The summed E-state index contributed by atoms with van der Waals surface area (Å²) < 4.78 is 0. The molecule has 1 aromatic heterocycles. The molecule has 0 radical (unpaired) electrons. The molecule has 0 bridgehead atoms. The monoisotopic (exact) mass is 204 g/mol. The van der Waals surface area contributed by atoms with Gasteiger partial charge in [-0.15, -0.1) is 0 Å². The molecule has 0 aliphatic heterocycles. The maximum Gasteiger partial charge on any atom is 0.160 e. The minimum absolute atomic E-state index is 0.851. The van der Waals surface area contributed by atoms with Gasteiger partial charge in [0, 0.05) is 25.4 Å². The normalized spacial score (nSPS) is 15.3. The van der Waals surface area contributed by atoms with E-state index in [1.807, 2.05) is 25.9 Å². The second-order valence-corrected chi connectivity index (χ2v) is 4.03. The fourth-order valence-corrected chi connectivity index (χ4v) is 1.69. The zero-order valence-corrected chi connectivity index (χ0v) is 9.49. The molecule has 0 aromatic carbocycles. The third-order valence-corrected chi connectivity index (χ3v) is 2.77. The van der Waals surface area contributed by atoms with E-state index in [1.165, 1.54) is 17.7 Å². The van der Waals surface area contributed by atoms with Crippen LogP contribution in [-0.2, 0) is 12.8 Å². The Balaban J connectivity index is 2.38. The minimum atomic E-state index is 0.851. The van der Waals surface area contributed by atoms with E-state index in [0.29, 0.717) is 0 Å². The lowest BCUT2D eigenvalue weighted by Crippen LogP contribution is -2.18. The lowest BCUT2D eigenvalue weighted by Gasteiger charge is -2.11. The summed E-state index contributed by atoms with van der Waals surface area (Å²) in [7, 11) is 3.97. The van der Waals surface area contributed by atoms with Gasteiger partial charge in [0.25, 0.3) is 0 Å². The molecule has 2 rings (SSSR count). The number of aryl methyl sites for hydroxylation is 1. The highest BCUT2D eigenvalue weighted by Gasteiger charge is 2.16. The highest BCUT2D eigenvalue weighted by Crippen LogP contribution is 2.27. The smallest absolute Gasteiger partial charge is 0.160 e. The number of amidine groups is 1. The van der Waals surface area contributed by atoms with Gasteiger partial charge in [0.15, 0.2) is 5.82 Å². The Morgan fingerprint density at radius 2 is 2.13 bits per heavy atom. The van der Waals surface area contributed by atoms with E-state index < -0.39 is 0 Å². The standard InChI is InChI=1S/C11H16N4/c1-8(15(2)3)14-11-9-5-4-6-10(9)12-7-13-11/h7H,4-6H2,1-3H3. The Morgan fingerprint density at radius 1 is 1.33 bits per heavy atom. The molecule has 1 aromatic rings. The van der Waals surface area contributed by atoms with Crippen molar-refractivity contribution in [3.8, 4) is 0 Å². The van der Waals surface area contributed by atoms with Gasteiger partial charge in [-0.25, -0.2) is 15.0 Å². The Bertz CT molecular complexity index is 396. The summed E-state index contributed by atoms with van der Waals surface area (Å²) >= 11 is 0. The van der Waals surface area contributed by atoms with Crippen molar-refractivity contribution in [3.05, 3.63) is 17.6 Å². The van der Waals surface area contributed by atoms with Crippen molar-refractivity contribution >= 4 is 11.7 Å². The molecule has 0 spiro atoms. The van der Waals surface area contributed by atoms with Gasteiger partial charge < -0.3 is 4.90 Å². The van der Waals surface area contributed by atoms with Gasteiger partial charge in [0.2, 0.25) is 0 Å². The topological polar surface area (TPSA) is 41.4 Å². The van der Waals surface area contributed by atoms with Crippen LogP contribution in [0.1, 0.15) is 24.6 Å². The Hall–Kier alpha value is -1.45. The maximum absolute atomic E-state index is 4.52. The Morgan fingerprint density at radius 3 is 2.87 bits per heavy atom. The van der Waals surface area contributed by atoms with Gasteiger partial charge in [-0.3, -0.25) is 0 Å². The first-order valence-electron chi connectivity index (χ1n) is 5.24. The van der Waals surface area contributed by atoms with Crippen LogP contribution in [0.25, 0.3) is 0 Å². The quantitative estimate of drug-likeness (QED) is 0.515. The maximum atomic E-state index is 4.52. The molecule has 4 nitrogen and oxygen atoms in total. The third-order valence-electron chi connectivity index (χ3n) is 2.77. The van der Waals surface area contributed by atoms with Crippen molar-refractivity contribution in [3.63, 3.8) is 0 Å². The van der Waals surface area contributed by atoms with Crippen LogP contribution in [0, 0.1) is 0 Å². The van der Waals surface area contributed by atoms with E-state index >= 15 is 0 Å². The van der Waals surface area contributed by atoms with Crippen LogP contribution in [0.15, 0.2) is 11.3 Å². The lowest BCUT2D eigenvalue weighted by atomic mass is 10.2. The average Bonchev–Trinajstić information content (AvgIpc) is 2.66. The van der Waals surface area contributed by atoms with Crippen molar-refractivity contribution in [2.24, 2.45) is 4.99 Å². The van der Waals surface area contributed by atoms with E-state index in [1.54, 1.807) is 6.33 Å². The van der Waals surface area contributed by atoms with Crippen LogP contribution in [-0.4, -0.2) is 34.8 Å². The van der Waals surface area contributed by atoms with E-state index in [4.69, 9.17) is 0 Å². The molecule has 0 amide bonds. The molecule has 1 aliphatic carbocycles. The molecule has 1 aliphatic rings. The van der Waals surface area contributed by atoms with Gasteiger partial charge in [-0.2, -0.15) is 0 Å². The van der Waals surface area contributed by atoms with Crippen LogP contribution < -0.4 is 0 Å². The molecule has 80 valence electrons. The van der Waals surface area contributed by atoms with Crippen molar-refractivity contribution in [2.75, 3.05) is 14.1 Å². The number of aliphatic imine (C=N–C) groups is 1. The fourth-order valence-electron chi connectivity index (χ4n) is 1.69. The van der Waals surface area contributed by atoms with Crippen molar-refractivity contribution in [2.45, 2.75) is 26.2 Å². The predicted molar refractivity (Wildman–Crippen MR) is 60.5 cm³/mol. The molecule has 0 saturated carbocycles. The second kappa shape index (κ2) is 3.96. The number of rotatable bonds is 1. The fraction of sp³-hybridized carbons (Fsp3) is 0.545. The van der Waals surface area contributed by atoms with Gasteiger partial charge in [0.1, 0.15) is 12.2 Å².